The molecule has 1 unspecified atom stereocenters. The SMILES string of the molecule is CN=C(NCC(C)c1ccccc1OC)N1CCN(c2ccccc2O)CC1. The summed E-state index contributed by atoms with van der Waals surface area (Å²) in [4.78, 5) is 8.96. The molecule has 6 heteroatoms. The summed E-state index contributed by atoms with van der Waals surface area (Å²) in [6.45, 7) is 6.38. The largest absolute Gasteiger partial charge is 0.506 e. The van der Waals surface area contributed by atoms with Gasteiger partial charge in [0.2, 0.25) is 0 Å². The van der Waals surface area contributed by atoms with E-state index < -0.39 is 0 Å². The van der Waals surface area contributed by atoms with Crippen molar-refractivity contribution in [2.24, 2.45) is 4.99 Å². The molecule has 0 amide bonds. The maximum absolute atomic E-state index is 10.1. The van der Waals surface area contributed by atoms with Crippen LogP contribution in [-0.2, 0) is 0 Å². The highest BCUT2D eigenvalue weighted by atomic mass is 16.5. The number of methoxy groups -OCH3 is 1. The van der Waals surface area contributed by atoms with E-state index >= 15 is 0 Å². The summed E-state index contributed by atoms with van der Waals surface area (Å²) in [5.41, 5.74) is 2.09. The zero-order valence-electron chi connectivity index (χ0n) is 16.9. The standard InChI is InChI=1S/C22H30N4O2/c1-17(18-8-4-7-11-21(18)28-3)16-24-22(23-2)26-14-12-25(13-15-26)19-9-5-6-10-20(19)27/h4-11,17,27H,12-16H2,1-3H3,(H,23,24). The van der Waals surface area contributed by atoms with Gasteiger partial charge >= 0.3 is 0 Å². The molecule has 0 saturated carbocycles. The van der Waals surface area contributed by atoms with Gasteiger partial charge in [-0.2, -0.15) is 0 Å². The van der Waals surface area contributed by atoms with Crippen LogP contribution in [0.15, 0.2) is 53.5 Å². The highest BCUT2D eigenvalue weighted by molar-refractivity contribution is 5.80. The fourth-order valence-electron chi connectivity index (χ4n) is 3.65. The van der Waals surface area contributed by atoms with Crippen LogP contribution in [0, 0.1) is 0 Å². The molecule has 0 aromatic heterocycles. The van der Waals surface area contributed by atoms with Gasteiger partial charge in [0.25, 0.3) is 0 Å². The Kier molecular flexibility index (Phi) is 6.63. The number of hydrogen-bond acceptors (Lipinski definition) is 4. The van der Waals surface area contributed by atoms with Crippen LogP contribution in [0.25, 0.3) is 0 Å². The summed E-state index contributed by atoms with van der Waals surface area (Å²) in [5, 5.41) is 13.6. The van der Waals surface area contributed by atoms with Crippen molar-refractivity contribution in [1.29, 1.82) is 0 Å². The van der Waals surface area contributed by atoms with Crippen molar-refractivity contribution >= 4 is 11.6 Å². The summed E-state index contributed by atoms with van der Waals surface area (Å²) >= 11 is 0. The minimum Gasteiger partial charge on any atom is -0.506 e. The minimum atomic E-state index is 0.301. The van der Waals surface area contributed by atoms with Crippen molar-refractivity contribution in [2.75, 3.05) is 51.8 Å². The number of piperazine rings is 1. The van der Waals surface area contributed by atoms with Crippen LogP contribution in [-0.4, -0.2) is 62.8 Å². The van der Waals surface area contributed by atoms with Gasteiger partial charge < -0.3 is 25.0 Å². The molecular weight excluding hydrogens is 352 g/mol. The number of nitrogens with one attached hydrogen (secondary N) is 1. The van der Waals surface area contributed by atoms with Gasteiger partial charge in [-0.25, -0.2) is 0 Å². The Morgan fingerprint density at radius 1 is 1.11 bits per heavy atom. The number of benzene rings is 2. The van der Waals surface area contributed by atoms with Crippen molar-refractivity contribution in [3.63, 3.8) is 0 Å². The lowest BCUT2D eigenvalue weighted by atomic mass is 10.0. The summed E-state index contributed by atoms with van der Waals surface area (Å²) in [7, 11) is 3.54. The van der Waals surface area contributed by atoms with E-state index in [4.69, 9.17) is 4.74 Å². The van der Waals surface area contributed by atoms with Gasteiger partial charge in [-0.15, -0.1) is 0 Å². The number of ether oxygens (including phenoxy) is 1. The third kappa shape index (κ3) is 4.50. The van der Waals surface area contributed by atoms with Gasteiger partial charge in [-0.3, -0.25) is 4.99 Å². The lowest BCUT2D eigenvalue weighted by molar-refractivity contribution is 0.368. The molecule has 0 spiro atoms. The average molecular weight is 383 g/mol. The predicted octanol–water partition coefficient (Wildman–Crippen LogP) is 2.90. The molecule has 1 atom stereocenters. The van der Waals surface area contributed by atoms with Crippen LogP contribution in [0.2, 0.25) is 0 Å². The number of aliphatic imine (C=N–C) groups is 1. The van der Waals surface area contributed by atoms with Crippen LogP contribution in [0.1, 0.15) is 18.4 Å². The highest BCUT2D eigenvalue weighted by Gasteiger charge is 2.22. The zero-order valence-corrected chi connectivity index (χ0v) is 16.9. The molecular formula is C22H30N4O2. The number of phenols is 1. The Morgan fingerprint density at radius 2 is 1.79 bits per heavy atom. The molecule has 1 heterocycles. The fraction of sp³-hybridized carbons (Fsp3) is 0.409. The van der Waals surface area contributed by atoms with Crippen molar-refractivity contribution in [3.05, 3.63) is 54.1 Å². The van der Waals surface area contributed by atoms with E-state index in [0.717, 1.165) is 50.1 Å². The molecule has 1 aliphatic rings. The number of nitrogens with zero attached hydrogens (tertiary/aromatic N) is 3. The van der Waals surface area contributed by atoms with E-state index in [9.17, 15) is 5.11 Å². The monoisotopic (exact) mass is 382 g/mol. The lowest BCUT2D eigenvalue weighted by Crippen LogP contribution is -2.53. The first-order chi connectivity index (χ1) is 13.6. The van der Waals surface area contributed by atoms with Crippen molar-refractivity contribution < 1.29 is 9.84 Å². The maximum Gasteiger partial charge on any atom is 0.193 e. The van der Waals surface area contributed by atoms with Crippen LogP contribution >= 0.6 is 0 Å². The van der Waals surface area contributed by atoms with Crippen molar-refractivity contribution in [1.82, 2.24) is 10.2 Å². The van der Waals surface area contributed by atoms with Gasteiger partial charge in [0.15, 0.2) is 5.96 Å². The second kappa shape index (κ2) is 9.35. The Balaban J connectivity index is 1.56. The number of anilines is 1. The van der Waals surface area contributed by atoms with E-state index in [-0.39, 0.29) is 0 Å². The summed E-state index contributed by atoms with van der Waals surface area (Å²) < 4.78 is 5.49. The van der Waals surface area contributed by atoms with Gasteiger partial charge in [0.1, 0.15) is 11.5 Å². The Labute approximate surface area is 167 Å². The second-order valence-corrected chi connectivity index (χ2v) is 7.03. The van der Waals surface area contributed by atoms with Crippen LogP contribution in [0.5, 0.6) is 11.5 Å². The van der Waals surface area contributed by atoms with Gasteiger partial charge in [0.05, 0.1) is 12.8 Å². The normalized spacial score (nSPS) is 16.0. The number of para-hydroxylation sites is 3. The molecule has 0 bridgehead atoms. The molecule has 150 valence electrons. The van der Waals surface area contributed by atoms with Gasteiger partial charge in [0, 0.05) is 45.7 Å². The third-order valence-electron chi connectivity index (χ3n) is 5.25. The topological polar surface area (TPSA) is 60.3 Å². The lowest BCUT2D eigenvalue weighted by Gasteiger charge is -2.38. The molecule has 0 aliphatic carbocycles. The Morgan fingerprint density at radius 3 is 2.46 bits per heavy atom. The number of rotatable bonds is 5. The second-order valence-electron chi connectivity index (χ2n) is 7.03. The predicted molar refractivity (Wildman–Crippen MR) is 115 cm³/mol. The number of aromatic hydroxyl groups is 1. The third-order valence-corrected chi connectivity index (χ3v) is 5.25. The summed E-state index contributed by atoms with van der Waals surface area (Å²) in [5.74, 6) is 2.47. The first-order valence-electron chi connectivity index (χ1n) is 9.75. The molecule has 28 heavy (non-hydrogen) atoms. The molecule has 2 aromatic rings. The van der Waals surface area contributed by atoms with E-state index in [1.807, 2.05) is 43.4 Å². The van der Waals surface area contributed by atoms with Crippen molar-refractivity contribution in [3.8, 4) is 11.5 Å². The Hall–Kier alpha value is -2.89. The summed E-state index contributed by atoms with van der Waals surface area (Å²) in [6.07, 6.45) is 0. The highest BCUT2D eigenvalue weighted by Crippen LogP contribution is 2.27. The van der Waals surface area contributed by atoms with Gasteiger partial charge in [-0.05, 0) is 23.8 Å². The quantitative estimate of drug-likeness (QED) is 0.615. The molecule has 6 nitrogen and oxygen atoms in total. The van der Waals surface area contributed by atoms with Crippen LogP contribution in [0.4, 0.5) is 5.69 Å². The first-order valence-corrected chi connectivity index (χ1v) is 9.75. The molecule has 1 aliphatic heterocycles. The molecule has 1 fully saturated rings. The molecule has 1 saturated heterocycles. The Bertz CT molecular complexity index is 801. The number of phenolic OH excluding ortho intramolecular Hbond substituents is 1. The number of hydrogen-bond donors (Lipinski definition) is 2. The van der Waals surface area contributed by atoms with E-state index in [0.29, 0.717) is 11.7 Å². The van der Waals surface area contributed by atoms with E-state index in [1.54, 1.807) is 13.2 Å². The molecule has 2 aromatic carbocycles. The van der Waals surface area contributed by atoms with Crippen LogP contribution in [0.3, 0.4) is 0 Å². The molecule has 3 rings (SSSR count). The van der Waals surface area contributed by atoms with Crippen LogP contribution < -0.4 is 15.0 Å². The molecule has 2 N–H and O–H groups in total. The van der Waals surface area contributed by atoms with E-state index in [1.165, 1.54) is 5.56 Å². The molecule has 0 radical (unpaired) electrons. The minimum absolute atomic E-state index is 0.301. The van der Waals surface area contributed by atoms with Gasteiger partial charge in [-0.1, -0.05) is 37.3 Å². The first kappa shape index (κ1) is 19.9. The van der Waals surface area contributed by atoms with E-state index in [2.05, 4.69) is 33.1 Å². The zero-order chi connectivity index (χ0) is 19.9. The smallest absolute Gasteiger partial charge is 0.193 e. The average Bonchev–Trinajstić information content (AvgIpc) is 2.75. The number of guanidine groups is 1. The summed E-state index contributed by atoms with van der Waals surface area (Å²) in [6, 6.07) is 15.7. The fourth-order valence-corrected chi connectivity index (χ4v) is 3.65. The maximum atomic E-state index is 10.1. The van der Waals surface area contributed by atoms with Crippen molar-refractivity contribution in [2.45, 2.75) is 12.8 Å².